The van der Waals surface area contributed by atoms with Crippen molar-refractivity contribution in [2.24, 2.45) is 7.05 Å². The van der Waals surface area contributed by atoms with Gasteiger partial charge in [0.05, 0.1) is 6.04 Å². The van der Waals surface area contributed by atoms with Crippen molar-refractivity contribution in [1.29, 1.82) is 0 Å². The Balaban J connectivity index is 1.80. The van der Waals surface area contributed by atoms with Crippen LogP contribution in [0.15, 0.2) is 60.8 Å². The molecule has 0 saturated heterocycles. The van der Waals surface area contributed by atoms with Crippen LogP contribution in [0.2, 0.25) is 0 Å². The molecule has 1 amide bonds. The van der Waals surface area contributed by atoms with Gasteiger partial charge < -0.3 is 9.88 Å². The number of aromatic nitrogens is 1. The third kappa shape index (κ3) is 3.19. The largest absolute Gasteiger partial charge is 0.353 e. The van der Waals surface area contributed by atoms with Crippen LogP contribution in [0.1, 0.15) is 22.1 Å². The van der Waals surface area contributed by atoms with Crippen LogP contribution in [0.5, 0.6) is 0 Å². The minimum Gasteiger partial charge on any atom is -0.353 e. The van der Waals surface area contributed by atoms with Crippen LogP contribution in [-0.2, 0) is 7.05 Å². The van der Waals surface area contributed by atoms with Gasteiger partial charge in [-0.1, -0.05) is 36.4 Å². The third-order valence-corrected chi connectivity index (χ3v) is 4.44. The molecule has 0 radical (unpaired) electrons. The summed E-state index contributed by atoms with van der Waals surface area (Å²) in [6.07, 6.45) is 2.03. The molecular formula is C20H23N3O. The van der Waals surface area contributed by atoms with Crippen molar-refractivity contribution in [2.45, 2.75) is 6.04 Å². The summed E-state index contributed by atoms with van der Waals surface area (Å²) in [6, 6.07) is 18.1. The summed E-state index contributed by atoms with van der Waals surface area (Å²) in [4.78, 5) is 14.8. The van der Waals surface area contributed by atoms with E-state index < -0.39 is 0 Å². The molecule has 1 atom stereocenters. The number of nitrogens with one attached hydrogen (secondary N) is 1. The highest BCUT2D eigenvalue weighted by atomic mass is 16.1. The highest BCUT2D eigenvalue weighted by Crippen LogP contribution is 2.20. The first-order valence-corrected chi connectivity index (χ1v) is 8.11. The van der Waals surface area contributed by atoms with Crippen molar-refractivity contribution in [1.82, 2.24) is 14.8 Å². The van der Waals surface area contributed by atoms with E-state index in [1.54, 1.807) is 0 Å². The molecule has 4 heteroatoms. The molecule has 124 valence electrons. The van der Waals surface area contributed by atoms with E-state index >= 15 is 0 Å². The van der Waals surface area contributed by atoms with Gasteiger partial charge in [-0.3, -0.25) is 9.69 Å². The fraction of sp³-hybridized carbons (Fsp3) is 0.250. The smallest absolute Gasteiger partial charge is 0.251 e. The van der Waals surface area contributed by atoms with Crippen LogP contribution in [0.4, 0.5) is 0 Å². The van der Waals surface area contributed by atoms with Crippen LogP contribution < -0.4 is 5.32 Å². The van der Waals surface area contributed by atoms with E-state index in [9.17, 15) is 4.79 Å². The number of fused-ring (bicyclic) bond motifs is 1. The summed E-state index contributed by atoms with van der Waals surface area (Å²) in [5.41, 5.74) is 1.90. The van der Waals surface area contributed by atoms with E-state index in [1.165, 1.54) is 5.69 Å². The number of rotatable bonds is 5. The molecule has 1 unspecified atom stereocenters. The average Bonchev–Trinajstić information content (AvgIpc) is 3.00. The number of aryl methyl sites for hydroxylation is 1. The molecule has 2 aromatic carbocycles. The summed E-state index contributed by atoms with van der Waals surface area (Å²) in [5.74, 6) is -0.0344. The molecule has 1 aromatic heterocycles. The van der Waals surface area contributed by atoms with Gasteiger partial charge in [0.1, 0.15) is 0 Å². The van der Waals surface area contributed by atoms with Crippen molar-refractivity contribution >= 4 is 16.7 Å². The van der Waals surface area contributed by atoms with Gasteiger partial charge in [-0.25, -0.2) is 0 Å². The standard InChI is InChI=1S/C20H23N3O/c1-22(2)19(18-12-7-13-23(18)3)14-21-20(24)17-11-6-9-15-8-4-5-10-16(15)17/h4-13,19H,14H2,1-3H3,(H,21,24). The Morgan fingerprint density at radius 2 is 1.83 bits per heavy atom. The maximum absolute atomic E-state index is 12.7. The lowest BCUT2D eigenvalue weighted by Gasteiger charge is -2.25. The van der Waals surface area contributed by atoms with Crippen molar-refractivity contribution < 1.29 is 4.79 Å². The van der Waals surface area contributed by atoms with Crippen LogP contribution >= 0.6 is 0 Å². The second-order valence-corrected chi connectivity index (χ2v) is 6.26. The van der Waals surface area contributed by atoms with Gasteiger partial charge in [-0.05, 0) is 43.1 Å². The molecule has 0 aliphatic rings. The number of likely N-dealkylation sites (N-methyl/N-ethyl adjacent to an activating group) is 1. The van der Waals surface area contributed by atoms with Crippen LogP contribution in [0.25, 0.3) is 10.8 Å². The number of amides is 1. The lowest BCUT2D eigenvalue weighted by molar-refractivity contribution is 0.0942. The van der Waals surface area contributed by atoms with Crippen molar-refractivity contribution in [3.05, 3.63) is 72.1 Å². The Bertz CT molecular complexity index is 845. The van der Waals surface area contributed by atoms with Gasteiger partial charge >= 0.3 is 0 Å². The molecule has 1 heterocycles. The Labute approximate surface area is 142 Å². The number of hydrogen-bond acceptors (Lipinski definition) is 2. The van der Waals surface area contributed by atoms with Gasteiger partial charge in [0, 0.05) is 31.0 Å². The molecule has 4 nitrogen and oxygen atoms in total. The summed E-state index contributed by atoms with van der Waals surface area (Å²) < 4.78 is 2.09. The Morgan fingerprint density at radius 1 is 1.08 bits per heavy atom. The molecule has 1 N–H and O–H groups in total. The van der Waals surface area contributed by atoms with Crippen LogP contribution in [-0.4, -0.2) is 36.0 Å². The topological polar surface area (TPSA) is 37.3 Å². The maximum Gasteiger partial charge on any atom is 0.251 e. The van der Waals surface area contributed by atoms with Crippen molar-refractivity contribution in [2.75, 3.05) is 20.6 Å². The van der Waals surface area contributed by atoms with Crippen molar-refractivity contribution in [3.8, 4) is 0 Å². The first-order valence-electron chi connectivity index (χ1n) is 8.11. The second-order valence-electron chi connectivity index (χ2n) is 6.26. The fourth-order valence-electron chi connectivity index (χ4n) is 3.08. The molecule has 0 bridgehead atoms. The normalized spacial score (nSPS) is 12.5. The first-order chi connectivity index (χ1) is 11.6. The summed E-state index contributed by atoms with van der Waals surface area (Å²) in [6.45, 7) is 0.562. The number of carbonyl (C=O) groups excluding carboxylic acids is 1. The molecule has 0 saturated carbocycles. The van der Waals surface area contributed by atoms with Gasteiger partial charge in [0.25, 0.3) is 5.91 Å². The number of hydrogen-bond donors (Lipinski definition) is 1. The molecule has 0 fully saturated rings. The Hall–Kier alpha value is -2.59. The third-order valence-electron chi connectivity index (χ3n) is 4.44. The fourth-order valence-corrected chi connectivity index (χ4v) is 3.08. The Morgan fingerprint density at radius 3 is 2.54 bits per heavy atom. The number of benzene rings is 2. The second kappa shape index (κ2) is 6.89. The molecule has 3 aromatic rings. The minimum absolute atomic E-state index is 0.0344. The molecular weight excluding hydrogens is 298 g/mol. The highest BCUT2D eigenvalue weighted by molar-refractivity contribution is 6.07. The van der Waals surface area contributed by atoms with Crippen LogP contribution in [0.3, 0.4) is 0 Å². The van der Waals surface area contributed by atoms with Crippen molar-refractivity contribution in [3.63, 3.8) is 0 Å². The van der Waals surface area contributed by atoms with Gasteiger partial charge in [-0.2, -0.15) is 0 Å². The molecule has 0 aliphatic carbocycles. The monoisotopic (exact) mass is 321 g/mol. The first kappa shape index (κ1) is 16.3. The zero-order valence-electron chi connectivity index (χ0n) is 14.4. The predicted octanol–water partition coefficient (Wildman–Crippen LogP) is 3.21. The zero-order chi connectivity index (χ0) is 17.1. The summed E-state index contributed by atoms with van der Waals surface area (Å²) in [5, 5.41) is 5.16. The molecule has 24 heavy (non-hydrogen) atoms. The van der Waals surface area contributed by atoms with Crippen LogP contribution in [0, 0.1) is 0 Å². The number of nitrogens with zero attached hydrogens (tertiary/aromatic N) is 2. The van der Waals surface area contributed by atoms with E-state index in [2.05, 4.69) is 20.9 Å². The van der Waals surface area contributed by atoms with E-state index in [1.807, 2.05) is 75.9 Å². The van der Waals surface area contributed by atoms with E-state index in [4.69, 9.17) is 0 Å². The minimum atomic E-state index is -0.0344. The van der Waals surface area contributed by atoms with E-state index in [0.29, 0.717) is 6.54 Å². The maximum atomic E-state index is 12.7. The van der Waals surface area contributed by atoms with Gasteiger partial charge in [-0.15, -0.1) is 0 Å². The lowest BCUT2D eigenvalue weighted by atomic mass is 10.0. The zero-order valence-corrected chi connectivity index (χ0v) is 14.4. The predicted molar refractivity (Wildman–Crippen MR) is 98.1 cm³/mol. The quantitative estimate of drug-likeness (QED) is 0.783. The van der Waals surface area contributed by atoms with Gasteiger partial charge in [0.2, 0.25) is 0 Å². The number of carbonyl (C=O) groups is 1. The highest BCUT2D eigenvalue weighted by Gasteiger charge is 2.18. The summed E-state index contributed by atoms with van der Waals surface area (Å²) >= 11 is 0. The van der Waals surface area contributed by atoms with E-state index in [-0.39, 0.29) is 11.9 Å². The Kier molecular flexibility index (Phi) is 4.67. The van der Waals surface area contributed by atoms with Gasteiger partial charge in [0.15, 0.2) is 0 Å². The SMILES string of the molecule is CN(C)C(CNC(=O)c1cccc2ccccc12)c1cccn1C. The molecule has 0 aliphatic heterocycles. The molecule has 0 spiro atoms. The lowest BCUT2D eigenvalue weighted by Crippen LogP contribution is -2.35. The van der Waals surface area contributed by atoms with E-state index in [0.717, 1.165) is 16.3 Å². The summed E-state index contributed by atoms with van der Waals surface area (Å²) in [7, 11) is 6.09. The average molecular weight is 321 g/mol. The molecule has 3 rings (SSSR count).